The van der Waals surface area contributed by atoms with Crippen LogP contribution in [0.5, 0.6) is 5.75 Å². The van der Waals surface area contributed by atoms with Gasteiger partial charge in [-0.2, -0.15) is 0 Å². The first-order valence-corrected chi connectivity index (χ1v) is 10.4. The third kappa shape index (κ3) is 2.63. The van der Waals surface area contributed by atoms with E-state index in [4.69, 9.17) is 5.73 Å². The number of hydrogen-bond donors (Lipinski definition) is 5. The maximum Gasteiger partial charge on any atom is 0.255 e. The molecule has 4 rings (SSSR count). The van der Waals surface area contributed by atoms with Crippen LogP contribution in [0.3, 0.4) is 0 Å². The molecule has 0 heterocycles. The summed E-state index contributed by atoms with van der Waals surface area (Å²) in [6.07, 6.45) is 0.670. The summed E-state index contributed by atoms with van der Waals surface area (Å²) >= 11 is 0. The molecule has 0 saturated carbocycles. The molecule has 1 aromatic carbocycles. The number of phenols is 1. The molecule has 3 aliphatic rings. The Bertz CT molecular complexity index is 1130. The number of phenolic OH excluding ortho intramolecular Hbond substituents is 1. The summed E-state index contributed by atoms with van der Waals surface area (Å²) < 4.78 is 0. The lowest BCUT2D eigenvalue weighted by Crippen LogP contribution is -2.60. The van der Waals surface area contributed by atoms with Gasteiger partial charge in [-0.1, -0.05) is 0 Å². The summed E-state index contributed by atoms with van der Waals surface area (Å²) in [4.78, 5) is 40.4. The average molecular weight is 441 g/mol. The van der Waals surface area contributed by atoms with Gasteiger partial charge < -0.3 is 26.4 Å². The molecule has 6 N–H and O–H groups in total. The zero-order chi connectivity index (χ0) is 23.7. The number of nitrogens with two attached hydrogens (primary N) is 1. The van der Waals surface area contributed by atoms with Crippen molar-refractivity contribution < 1.29 is 29.7 Å². The third-order valence-corrected chi connectivity index (χ3v) is 7.54. The fourth-order valence-corrected chi connectivity index (χ4v) is 5.67. The number of fused-ring (bicyclic) bond motifs is 3. The predicted molar refractivity (Wildman–Crippen MR) is 116 cm³/mol. The Morgan fingerprint density at radius 3 is 2.44 bits per heavy atom. The van der Waals surface area contributed by atoms with E-state index in [1.54, 1.807) is 39.0 Å². The SMILES string of the molecule is CNc1ccc(O)c2c1CC1CC3C(C(=O)C(C(N)=O)=C(O)C3(C)N(C)C)C(O)=C1C2=O. The lowest BCUT2D eigenvalue weighted by molar-refractivity contribution is -0.129. The van der Waals surface area contributed by atoms with E-state index in [1.807, 2.05) is 0 Å². The molecule has 0 bridgehead atoms. The first-order valence-electron chi connectivity index (χ1n) is 10.4. The van der Waals surface area contributed by atoms with E-state index in [9.17, 15) is 29.7 Å². The van der Waals surface area contributed by atoms with Crippen LogP contribution in [0, 0.1) is 17.8 Å². The number of carbonyl (C=O) groups is 3. The monoisotopic (exact) mass is 441 g/mol. The molecule has 0 aliphatic heterocycles. The van der Waals surface area contributed by atoms with Gasteiger partial charge in [-0.25, -0.2) is 0 Å². The van der Waals surface area contributed by atoms with Gasteiger partial charge in [-0.15, -0.1) is 0 Å². The molecule has 9 heteroatoms. The zero-order valence-corrected chi connectivity index (χ0v) is 18.4. The molecule has 0 spiro atoms. The highest BCUT2D eigenvalue weighted by Gasteiger charge is 2.59. The van der Waals surface area contributed by atoms with Crippen LogP contribution in [0.15, 0.2) is 34.8 Å². The number of benzene rings is 1. The highest BCUT2D eigenvalue weighted by Crippen LogP contribution is 2.54. The molecule has 0 radical (unpaired) electrons. The predicted octanol–water partition coefficient (Wildman–Crippen LogP) is 1.44. The van der Waals surface area contributed by atoms with E-state index in [0.717, 1.165) is 0 Å². The number of likely N-dealkylation sites (N-methyl/N-ethyl adjacent to an activating group) is 1. The Kier molecular flexibility index (Phi) is 4.85. The summed E-state index contributed by atoms with van der Waals surface area (Å²) in [5.41, 5.74) is 5.19. The highest BCUT2D eigenvalue weighted by molar-refractivity contribution is 6.22. The van der Waals surface area contributed by atoms with Crippen LogP contribution >= 0.6 is 0 Å². The van der Waals surface area contributed by atoms with E-state index in [0.29, 0.717) is 24.1 Å². The van der Waals surface area contributed by atoms with Crippen LogP contribution in [0.1, 0.15) is 29.3 Å². The van der Waals surface area contributed by atoms with Crippen LogP contribution in [-0.2, 0) is 16.0 Å². The summed E-state index contributed by atoms with van der Waals surface area (Å²) in [7, 11) is 5.13. The van der Waals surface area contributed by atoms with Crippen LogP contribution in [0.2, 0.25) is 0 Å². The lowest BCUT2D eigenvalue weighted by Gasteiger charge is -2.52. The molecule has 3 aliphatic carbocycles. The number of anilines is 1. The number of Topliss-reactive ketones (excluding diaryl/α,β-unsaturated/α-hetero) is 2. The molecule has 170 valence electrons. The minimum atomic E-state index is -1.20. The Morgan fingerprint density at radius 1 is 1.22 bits per heavy atom. The molecule has 0 fully saturated rings. The van der Waals surface area contributed by atoms with Crippen molar-refractivity contribution in [3.63, 3.8) is 0 Å². The summed E-state index contributed by atoms with van der Waals surface area (Å²) in [6.45, 7) is 1.69. The molecule has 9 nitrogen and oxygen atoms in total. The first-order chi connectivity index (χ1) is 15.0. The van der Waals surface area contributed by atoms with Gasteiger partial charge in [-0.3, -0.25) is 19.3 Å². The molecule has 32 heavy (non-hydrogen) atoms. The normalized spacial score (nSPS) is 29.6. The molecule has 0 saturated heterocycles. The second kappa shape index (κ2) is 7.09. The standard InChI is InChI=1S/C23H27N3O6/c1-23(26(3)4)11-8-9-7-10-12(25-2)5-6-13(27)15(10)18(28)14(9)19(29)16(11)20(30)17(21(23)31)22(24)32/h5-6,9,11,16,25,27,29,31H,7-8H2,1-4H3,(H2,24,32). The summed E-state index contributed by atoms with van der Waals surface area (Å²) in [5, 5.41) is 35.6. The third-order valence-electron chi connectivity index (χ3n) is 7.54. The number of aliphatic hydroxyl groups excluding tert-OH is 2. The number of hydrogen-bond acceptors (Lipinski definition) is 8. The molecule has 1 aromatic rings. The molecular formula is C23H27N3O6. The number of nitrogens with one attached hydrogen (secondary N) is 1. The Balaban J connectivity index is 1.96. The second-order valence-electron chi connectivity index (χ2n) is 9.08. The van der Waals surface area contributed by atoms with Crippen molar-refractivity contribution in [3.05, 3.63) is 45.9 Å². The quantitative estimate of drug-likeness (QED) is 0.349. The van der Waals surface area contributed by atoms with Gasteiger partial charge in [0.1, 0.15) is 22.8 Å². The number of aliphatic hydroxyl groups is 2. The van der Waals surface area contributed by atoms with Crippen LogP contribution in [0.4, 0.5) is 5.69 Å². The number of ketones is 2. The number of nitrogens with zero attached hydrogens (tertiary/aromatic N) is 1. The van der Waals surface area contributed by atoms with E-state index in [1.165, 1.54) is 6.07 Å². The maximum atomic E-state index is 13.4. The lowest BCUT2D eigenvalue weighted by atomic mass is 9.57. The van der Waals surface area contributed by atoms with E-state index in [-0.39, 0.29) is 16.9 Å². The van der Waals surface area contributed by atoms with Crippen molar-refractivity contribution in [1.29, 1.82) is 0 Å². The largest absolute Gasteiger partial charge is 0.511 e. The van der Waals surface area contributed by atoms with Crippen molar-refractivity contribution >= 4 is 23.2 Å². The van der Waals surface area contributed by atoms with Gasteiger partial charge in [-0.05, 0) is 57.5 Å². The molecule has 1 amide bonds. The number of amides is 1. The fraction of sp³-hybridized carbons (Fsp3) is 0.435. The first kappa shape index (κ1) is 21.9. The van der Waals surface area contributed by atoms with Crippen molar-refractivity contribution in [2.75, 3.05) is 26.5 Å². The van der Waals surface area contributed by atoms with Crippen molar-refractivity contribution in [3.8, 4) is 5.75 Å². The van der Waals surface area contributed by atoms with Gasteiger partial charge in [0.25, 0.3) is 5.91 Å². The highest BCUT2D eigenvalue weighted by atomic mass is 16.3. The summed E-state index contributed by atoms with van der Waals surface area (Å²) in [5.74, 6) is -5.70. The van der Waals surface area contributed by atoms with E-state index < -0.39 is 57.9 Å². The van der Waals surface area contributed by atoms with Gasteiger partial charge in [0.2, 0.25) is 0 Å². The number of primary amides is 1. The number of aromatic hydroxyl groups is 1. The van der Waals surface area contributed by atoms with Crippen LogP contribution in [0.25, 0.3) is 0 Å². The minimum absolute atomic E-state index is 0.0713. The topological polar surface area (TPSA) is 153 Å². The molecule has 0 aromatic heterocycles. The Labute approximate surface area is 185 Å². The van der Waals surface area contributed by atoms with Gasteiger partial charge >= 0.3 is 0 Å². The van der Waals surface area contributed by atoms with Crippen molar-refractivity contribution in [1.82, 2.24) is 4.90 Å². The van der Waals surface area contributed by atoms with Gasteiger partial charge in [0, 0.05) is 24.2 Å². The smallest absolute Gasteiger partial charge is 0.255 e. The average Bonchev–Trinajstić information content (AvgIpc) is 2.71. The van der Waals surface area contributed by atoms with Gasteiger partial charge in [0.05, 0.1) is 17.0 Å². The number of allylic oxidation sites excluding steroid dienone is 2. The minimum Gasteiger partial charge on any atom is -0.511 e. The maximum absolute atomic E-state index is 13.4. The van der Waals surface area contributed by atoms with Crippen LogP contribution < -0.4 is 11.1 Å². The van der Waals surface area contributed by atoms with Crippen molar-refractivity contribution in [2.45, 2.75) is 25.3 Å². The Morgan fingerprint density at radius 2 is 1.88 bits per heavy atom. The summed E-state index contributed by atoms with van der Waals surface area (Å²) in [6, 6.07) is 3.09. The number of rotatable bonds is 3. The molecular weight excluding hydrogens is 414 g/mol. The van der Waals surface area contributed by atoms with Gasteiger partial charge in [0.15, 0.2) is 11.6 Å². The Hall–Kier alpha value is -3.33. The zero-order valence-electron chi connectivity index (χ0n) is 18.4. The fourth-order valence-electron chi connectivity index (χ4n) is 5.67. The number of carbonyl (C=O) groups excluding carboxylic acids is 3. The van der Waals surface area contributed by atoms with Crippen LogP contribution in [-0.4, -0.2) is 64.4 Å². The molecule has 4 atom stereocenters. The van der Waals surface area contributed by atoms with Crippen molar-refractivity contribution in [2.24, 2.45) is 23.5 Å². The van der Waals surface area contributed by atoms with E-state index in [2.05, 4.69) is 5.32 Å². The van der Waals surface area contributed by atoms with E-state index >= 15 is 0 Å². The second-order valence-corrected chi connectivity index (χ2v) is 9.08. The molecule has 4 unspecified atom stereocenters.